The lowest BCUT2D eigenvalue weighted by Gasteiger charge is -2.28. The standard InChI is InChI=1S/C19H23N5O4/c1-19(2,3)16(26)23-17-21-14-13(15(25)22-17)24(10-9-20-14)18(27)28-11-12-7-5-4-6-8-12/h4-8H,9-11H2,1-3H3,(H3,20,21,22,23,25,26). The van der Waals surface area contributed by atoms with Gasteiger partial charge in [0.15, 0.2) is 11.5 Å². The average molecular weight is 385 g/mol. The first-order valence-electron chi connectivity index (χ1n) is 8.93. The first-order chi connectivity index (χ1) is 13.3. The zero-order chi connectivity index (χ0) is 20.3. The molecule has 2 heterocycles. The normalized spacial score (nSPS) is 13.3. The molecule has 0 aliphatic carbocycles. The number of carbonyl (C=O) groups is 2. The summed E-state index contributed by atoms with van der Waals surface area (Å²) in [5, 5.41) is 5.57. The Labute approximate surface area is 162 Å². The molecule has 9 nitrogen and oxygen atoms in total. The van der Waals surface area contributed by atoms with Crippen LogP contribution in [0.4, 0.5) is 22.2 Å². The smallest absolute Gasteiger partial charge is 0.414 e. The Bertz CT molecular complexity index is 934. The first-order valence-corrected chi connectivity index (χ1v) is 8.93. The molecule has 0 bridgehead atoms. The lowest BCUT2D eigenvalue weighted by Crippen LogP contribution is -2.43. The van der Waals surface area contributed by atoms with Crippen molar-refractivity contribution in [2.24, 2.45) is 5.41 Å². The summed E-state index contributed by atoms with van der Waals surface area (Å²) in [5.41, 5.74) is -0.274. The lowest BCUT2D eigenvalue weighted by atomic mass is 9.96. The minimum Gasteiger partial charge on any atom is -0.444 e. The highest BCUT2D eigenvalue weighted by atomic mass is 16.6. The van der Waals surface area contributed by atoms with Crippen LogP contribution in [0.5, 0.6) is 0 Å². The van der Waals surface area contributed by atoms with E-state index in [1.807, 2.05) is 30.3 Å². The molecule has 1 aromatic carbocycles. The van der Waals surface area contributed by atoms with Crippen molar-refractivity contribution in [2.45, 2.75) is 27.4 Å². The van der Waals surface area contributed by atoms with Gasteiger partial charge in [0.05, 0.1) is 0 Å². The monoisotopic (exact) mass is 385 g/mol. The van der Waals surface area contributed by atoms with E-state index in [0.717, 1.165) is 5.56 Å². The molecule has 0 unspecified atom stereocenters. The van der Waals surface area contributed by atoms with Gasteiger partial charge in [-0.2, -0.15) is 4.98 Å². The maximum Gasteiger partial charge on any atom is 0.414 e. The van der Waals surface area contributed by atoms with Gasteiger partial charge < -0.3 is 10.1 Å². The van der Waals surface area contributed by atoms with E-state index in [9.17, 15) is 14.4 Å². The van der Waals surface area contributed by atoms with Gasteiger partial charge in [-0.05, 0) is 5.56 Å². The Kier molecular flexibility index (Phi) is 5.34. The second-order valence-corrected chi connectivity index (χ2v) is 7.43. The van der Waals surface area contributed by atoms with Crippen LogP contribution in [0.15, 0.2) is 35.1 Å². The molecule has 2 aromatic rings. The molecule has 0 radical (unpaired) electrons. The average Bonchev–Trinajstić information content (AvgIpc) is 2.65. The fourth-order valence-electron chi connectivity index (χ4n) is 2.57. The van der Waals surface area contributed by atoms with Crippen LogP contribution in [0.3, 0.4) is 0 Å². The molecule has 0 fully saturated rings. The van der Waals surface area contributed by atoms with E-state index >= 15 is 0 Å². The number of aromatic amines is 1. The Morgan fingerprint density at radius 1 is 1.25 bits per heavy atom. The Balaban J connectivity index is 1.78. The number of ether oxygens (including phenoxy) is 1. The third kappa shape index (κ3) is 4.30. The third-order valence-corrected chi connectivity index (χ3v) is 4.13. The summed E-state index contributed by atoms with van der Waals surface area (Å²) >= 11 is 0. The highest BCUT2D eigenvalue weighted by Gasteiger charge is 2.29. The molecule has 0 saturated carbocycles. The molecule has 9 heteroatoms. The van der Waals surface area contributed by atoms with Crippen molar-refractivity contribution >= 4 is 29.5 Å². The van der Waals surface area contributed by atoms with Crippen LogP contribution < -0.4 is 21.1 Å². The van der Waals surface area contributed by atoms with E-state index in [-0.39, 0.29) is 36.5 Å². The van der Waals surface area contributed by atoms with E-state index in [2.05, 4.69) is 20.6 Å². The van der Waals surface area contributed by atoms with Crippen LogP contribution in [0.1, 0.15) is 26.3 Å². The van der Waals surface area contributed by atoms with Crippen molar-refractivity contribution in [3.05, 3.63) is 46.2 Å². The third-order valence-electron chi connectivity index (χ3n) is 4.13. The Morgan fingerprint density at radius 3 is 2.64 bits per heavy atom. The van der Waals surface area contributed by atoms with Gasteiger partial charge >= 0.3 is 6.09 Å². The highest BCUT2D eigenvalue weighted by molar-refractivity contribution is 5.95. The highest BCUT2D eigenvalue weighted by Crippen LogP contribution is 2.25. The Morgan fingerprint density at radius 2 is 1.96 bits per heavy atom. The number of carbonyl (C=O) groups excluding carboxylic acids is 2. The molecule has 3 rings (SSSR count). The number of benzene rings is 1. The molecule has 3 N–H and O–H groups in total. The number of rotatable bonds is 3. The quantitative estimate of drug-likeness (QED) is 0.747. The van der Waals surface area contributed by atoms with E-state index in [0.29, 0.717) is 6.54 Å². The zero-order valence-corrected chi connectivity index (χ0v) is 16.0. The summed E-state index contributed by atoms with van der Waals surface area (Å²) in [4.78, 5) is 45.2. The molecule has 148 valence electrons. The lowest BCUT2D eigenvalue weighted by molar-refractivity contribution is -0.123. The first kappa shape index (κ1) is 19.4. The van der Waals surface area contributed by atoms with Crippen LogP contribution in [-0.2, 0) is 16.1 Å². The number of hydrogen-bond donors (Lipinski definition) is 3. The van der Waals surface area contributed by atoms with Crippen molar-refractivity contribution < 1.29 is 14.3 Å². The second-order valence-electron chi connectivity index (χ2n) is 7.43. The molecule has 1 aliphatic rings. The zero-order valence-electron chi connectivity index (χ0n) is 16.0. The maximum absolute atomic E-state index is 12.6. The Hall–Kier alpha value is -3.36. The van der Waals surface area contributed by atoms with Crippen molar-refractivity contribution in [1.82, 2.24) is 9.97 Å². The molecular weight excluding hydrogens is 362 g/mol. The summed E-state index contributed by atoms with van der Waals surface area (Å²) in [6, 6.07) is 9.27. The predicted octanol–water partition coefficient (Wildman–Crippen LogP) is 2.32. The van der Waals surface area contributed by atoms with Gasteiger partial charge in [0.2, 0.25) is 11.9 Å². The largest absolute Gasteiger partial charge is 0.444 e. The van der Waals surface area contributed by atoms with Crippen LogP contribution in [0.25, 0.3) is 0 Å². The van der Waals surface area contributed by atoms with Gasteiger partial charge in [-0.1, -0.05) is 51.1 Å². The summed E-state index contributed by atoms with van der Waals surface area (Å²) in [7, 11) is 0. The summed E-state index contributed by atoms with van der Waals surface area (Å²) in [6.07, 6.45) is -0.634. The van der Waals surface area contributed by atoms with Crippen LogP contribution in [0.2, 0.25) is 0 Å². The van der Waals surface area contributed by atoms with Gasteiger partial charge in [0.25, 0.3) is 5.56 Å². The predicted molar refractivity (Wildman–Crippen MR) is 105 cm³/mol. The van der Waals surface area contributed by atoms with Crippen LogP contribution in [0, 0.1) is 5.41 Å². The molecule has 2 amide bonds. The molecule has 28 heavy (non-hydrogen) atoms. The van der Waals surface area contributed by atoms with Gasteiger partial charge in [0, 0.05) is 18.5 Å². The molecular formula is C19H23N5O4. The van der Waals surface area contributed by atoms with Crippen LogP contribution in [-0.4, -0.2) is 35.1 Å². The summed E-state index contributed by atoms with van der Waals surface area (Å²) in [6.45, 7) is 6.02. The number of H-pyrrole nitrogens is 1. The van der Waals surface area contributed by atoms with Crippen molar-refractivity contribution in [3.63, 3.8) is 0 Å². The molecule has 1 aromatic heterocycles. The van der Waals surface area contributed by atoms with Crippen molar-refractivity contribution in [2.75, 3.05) is 28.6 Å². The van der Waals surface area contributed by atoms with E-state index < -0.39 is 17.1 Å². The second kappa shape index (κ2) is 7.71. The minimum atomic E-state index is -0.644. The van der Waals surface area contributed by atoms with E-state index in [1.165, 1.54) is 4.90 Å². The molecule has 1 aliphatic heterocycles. The minimum absolute atomic E-state index is 0.0238. The van der Waals surface area contributed by atoms with Crippen molar-refractivity contribution in [1.29, 1.82) is 0 Å². The number of fused-ring (bicyclic) bond motifs is 1. The fourth-order valence-corrected chi connectivity index (χ4v) is 2.57. The number of nitrogens with zero attached hydrogens (tertiary/aromatic N) is 2. The van der Waals surface area contributed by atoms with E-state index in [4.69, 9.17) is 4.74 Å². The topological polar surface area (TPSA) is 116 Å². The fraction of sp³-hybridized carbons (Fsp3) is 0.368. The molecule has 0 atom stereocenters. The maximum atomic E-state index is 12.6. The van der Waals surface area contributed by atoms with E-state index in [1.54, 1.807) is 20.8 Å². The van der Waals surface area contributed by atoms with Gasteiger partial charge in [-0.3, -0.25) is 24.8 Å². The summed E-state index contributed by atoms with van der Waals surface area (Å²) < 4.78 is 5.33. The van der Waals surface area contributed by atoms with Gasteiger partial charge in [-0.25, -0.2) is 4.79 Å². The number of aromatic nitrogens is 2. The SMILES string of the molecule is CC(C)(C)C(=O)Nc1nc2c(c(=O)[nH]1)N(C(=O)OCc1ccccc1)CCN2. The van der Waals surface area contributed by atoms with Gasteiger partial charge in [-0.15, -0.1) is 0 Å². The van der Waals surface area contributed by atoms with Crippen molar-refractivity contribution in [3.8, 4) is 0 Å². The number of hydrogen-bond acceptors (Lipinski definition) is 6. The summed E-state index contributed by atoms with van der Waals surface area (Å²) in [5.74, 6) is -0.0444. The number of anilines is 3. The molecule has 0 saturated heterocycles. The molecule has 0 spiro atoms. The number of amides is 2. The van der Waals surface area contributed by atoms with Gasteiger partial charge in [0.1, 0.15) is 6.61 Å². The number of nitrogens with one attached hydrogen (secondary N) is 3. The van der Waals surface area contributed by atoms with Crippen LogP contribution >= 0.6 is 0 Å².